The summed E-state index contributed by atoms with van der Waals surface area (Å²) in [5.41, 5.74) is 0.994. The van der Waals surface area contributed by atoms with Crippen LogP contribution in [-0.2, 0) is 9.22 Å². The molecule has 0 saturated carbocycles. The molecule has 0 aliphatic heterocycles. The molecular formula is C14H20N2O2Si. The third kappa shape index (κ3) is 5.61. The molecule has 1 rings (SSSR count). The minimum atomic E-state index is -1.75. The first-order chi connectivity index (χ1) is 8.79. The van der Waals surface area contributed by atoms with Gasteiger partial charge in [-0.15, -0.1) is 5.11 Å². The Labute approximate surface area is 115 Å². The van der Waals surface area contributed by atoms with E-state index in [0.717, 1.165) is 0 Å². The number of allylic oxidation sites excluding steroid dienone is 2. The van der Waals surface area contributed by atoms with Gasteiger partial charge < -0.3 is 4.43 Å². The Balaban J connectivity index is 2.99. The van der Waals surface area contributed by atoms with Gasteiger partial charge in [-0.1, -0.05) is 18.2 Å². The maximum atomic E-state index is 11.6. The van der Waals surface area contributed by atoms with Gasteiger partial charge in [-0.2, -0.15) is 5.11 Å². The maximum absolute atomic E-state index is 11.6. The Kier molecular flexibility index (Phi) is 5.17. The lowest BCUT2D eigenvalue weighted by Gasteiger charge is -2.20. The van der Waals surface area contributed by atoms with Crippen LogP contribution < -0.4 is 0 Å². The molecule has 19 heavy (non-hydrogen) atoms. The van der Waals surface area contributed by atoms with Crippen molar-refractivity contribution < 1.29 is 9.22 Å². The molecular weight excluding hydrogens is 256 g/mol. The molecule has 0 unspecified atom stereocenters. The van der Waals surface area contributed by atoms with E-state index in [2.05, 4.69) is 29.9 Å². The summed E-state index contributed by atoms with van der Waals surface area (Å²) >= 11 is 0. The zero-order valence-electron chi connectivity index (χ0n) is 12.1. The highest BCUT2D eigenvalue weighted by molar-refractivity contribution is 6.70. The fraction of sp³-hybridized carbons (Fsp3) is 0.357. The number of hydrogen-bond acceptors (Lipinski definition) is 4. The Morgan fingerprint density at radius 2 is 1.68 bits per heavy atom. The molecule has 0 saturated heterocycles. The van der Waals surface area contributed by atoms with Gasteiger partial charge in [-0.3, -0.25) is 4.79 Å². The first-order valence-corrected chi connectivity index (χ1v) is 9.58. The largest absolute Gasteiger partial charge is 0.546 e. The van der Waals surface area contributed by atoms with E-state index < -0.39 is 8.32 Å². The Morgan fingerprint density at radius 1 is 1.11 bits per heavy atom. The predicted octanol–water partition coefficient (Wildman–Crippen LogP) is 4.44. The van der Waals surface area contributed by atoms with Crippen LogP contribution in [0.25, 0.3) is 0 Å². The van der Waals surface area contributed by atoms with Crippen LogP contribution in [0.1, 0.15) is 13.8 Å². The number of carbonyl (C=O) groups is 1. The van der Waals surface area contributed by atoms with Crippen LogP contribution in [0.2, 0.25) is 19.6 Å². The van der Waals surface area contributed by atoms with E-state index in [1.165, 1.54) is 6.92 Å². The van der Waals surface area contributed by atoms with Crippen molar-refractivity contribution in [3.63, 3.8) is 0 Å². The van der Waals surface area contributed by atoms with Gasteiger partial charge in [0.25, 0.3) is 0 Å². The van der Waals surface area contributed by atoms with E-state index in [1.807, 2.05) is 30.3 Å². The molecule has 0 aliphatic rings. The van der Waals surface area contributed by atoms with Gasteiger partial charge in [-0.05, 0) is 38.7 Å². The molecule has 0 bridgehead atoms. The van der Waals surface area contributed by atoms with E-state index in [0.29, 0.717) is 11.4 Å². The van der Waals surface area contributed by atoms with Crippen molar-refractivity contribution in [1.29, 1.82) is 0 Å². The van der Waals surface area contributed by atoms with Crippen molar-refractivity contribution in [3.05, 3.63) is 41.8 Å². The van der Waals surface area contributed by atoms with Crippen LogP contribution in [0, 0.1) is 0 Å². The first-order valence-electron chi connectivity index (χ1n) is 6.17. The van der Waals surface area contributed by atoms with Gasteiger partial charge in [-0.25, -0.2) is 0 Å². The van der Waals surface area contributed by atoms with Gasteiger partial charge >= 0.3 is 0 Å². The number of benzene rings is 1. The van der Waals surface area contributed by atoms with Gasteiger partial charge in [0.2, 0.25) is 8.32 Å². The van der Waals surface area contributed by atoms with Crippen LogP contribution in [0.3, 0.4) is 0 Å². The molecule has 0 heterocycles. The van der Waals surface area contributed by atoms with Crippen molar-refractivity contribution >= 4 is 19.8 Å². The summed E-state index contributed by atoms with van der Waals surface area (Å²) in [5.74, 6) is 0.404. The molecule has 1 aromatic carbocycles. The highest BCUT2D eigenvalue weighted by Gasteiger charge is 2.19. The summed E-state index contributed by atoms with van der Waals surface area (Å²) in [6.07, 6.45) is 0. The average Bonchev–Trinajstić information content (AvgIpc) is 2.27. The summed E-state index contributed by atoms with van der Waals surface area (Å²) < 4.78 is 5.79. The van der Waals surface area contributed by atoms with E-state index in [-0.39, 0.29) is 11.5 Å². The van der Waals surface area contributed by atoms with Crippen molar-refractivity contribution in [3.8, 4) is 0 Å². The van der Waals surface area contributed by atoms with Crippen LogP contribution in [0.5, 0.6) is 0 Å². The maximum Gasteiger partial charge on any atom is 0.241 e. The molecule has 5 heteroatoms. The van der Waals surface area contributed by atoms with E-state index in [9.17, 15) is 4.79 Å². The monoisotopic (exact) mass is 276 g/mol. The van der Waals surface area contributed by atoms with Gasteiger partial charge in [0, 0.05) is 6.92 Å². The lowest BCUT2D eigenvalue weighted by molar-refractivity contribution is -0.113. The summed E-state index contributed by atoms with van der Waals surface area (Å²) in [6.45, 7) is 9.41. The minimum absolute atomic E-state index is 0.143. The normalized spacial score (nSPS) is 13.3. The zero-order valence-corrected chi connectivity index (χ0v) is 13.1. The second kappa shape index (κ2) is 6.42. The summed E-state index contributed by atoms with van der Waals surface area (Å²) in [6, 6.07) is 9.31. The van der Waals surface area contributed by atoms with Crippen molar-refractivity contribution in [1.82, 2.24) is 0 Å². The second-order valence-corrected chi connectivity index (χ2v) is 9.64. The Bertz CT molecular complexity index is 502. The number of ketones is 1. The SMILES string of the molecule is CC(=O)/C(N=Nc1ccccc1)=C(/C)O[Si](C)(C)C. The van der Waals surface area contributed by atoms with E-state index >= 15 is 0 Å². The fourth-order valence-electron chi connectivity index (χ4n) is 1.50. The van der Waals surface area contributed by atoms with Gasteiger partial charge in [0.15, 0.2) is 11.5 Å². The highest BCUT2D eigenvalue weighted by atomic mass is 28.4. The molecule has 0 N–H and O–H groups in total. The van der Waals surface area contributed by atoms with Gasteiger partial charge in [0.1, 0.15) is 5.76 Å². The molecule has 1 aromatic rings. The minimum Gasteiger partial charge on any atom is -0.546 e. The van der Waals surface area contributed by atoms with E-state index in [4.69, 9.17) is 4.43 Å². The number of Topliss-reactive ketones (excluding diaryl/α,β-unsaturated/α-hetero) is 1. The van der Waals surface area contributed by atoms with Crippen molar-refractivity contribution in [2.75, 3.05) is 0 Å². The Morgan fingerprint density at radius 3 is 2.16 bits per heavy atom. The van der Waals surface area contributed by atoms with E-state index in [1.54, 1.807) is 6.92 Å². The zero-order chi connectivity index (χ0) is 14.5. The molecule has 0 aromatic heterocycles. The third-order valence-electron chi connectivity index (χ3n) is 2.15. The first kappa shape index (κ1) is 15.3. The number of nitrogens with zero attached hydrogens (tertiary/aromatic N) is 2. The lowest BCUT2D eigenvalue weighted by atomic mass is 10.3. The quantitative estimate of drug-likeness (QED) is 0.345. The number of azo groups is 1. The molecule has 0 aliphatic carbocycles. The van der Waals surface area contributed by atoms with Crippen molar-refractivity contribution in [2.24, 2.45) is 10.2 Å². The summed E-state index contributed by atoms with van der Waals surface area (Å²) in [5, 5.41) is 8.09. The molecule has 4 nitrogen and oxygen atoms in total. The molecule has 0 spiro atoms. The average molecular weight is 276 g/mol. The second-order valence-electron chi connectivity index (χ2n) is 5.21. The molecule has 0 fully saturated rings. The molecule has 102 valence electrons. The van der Waals surface area contributed by atoms with Crippen LogP contribution in [-0.4, -0.2) is 14.1 Å². The number of hydrogen-bond donors (Lipinski definition) is 0. The molecule has 0 atom stereocenters. The molecule has 0 amide bonds. The lowest BCUT2D eigenvalue weighted by Crippen LogP contribution is -2.25. The fourth-order valence-corrected chi connectivity index (χ4v) is 2.51. The van der Waals surface area contributed by atoms with Crippen molar-refractivity contribution in [2.45, 2.75) is 33.5 Å². The van der Waals surface area contributed by atoms with Gasteiger partial charge in [0.05, 0.1) is 5.69 Å². The summed E-state index contributed by atoms with van der Waals surface area (Å²) in [4.78, 5) is 11.6. The highest BCUT2D eigenvalue weighted by Crippen LogP contribution is 2.18. The molecule has 0 radical (unpaired) electrons. The predicted molar refractivity (Wildman–Crippen MR) is 78.8 cm³/mol. The Hall–Kier alpha value is -1.75. The third-order valence-corrected chi connectivity index (χ3v) is 3.07. The number of carbonyl (C=O) groups excluding carboxylic acids is 1. The topological polar surface area (TPSA) is 51.0 Å². The van der Waals surface area contributed by atoms with Crippen LogP contribution >= 0.6 is 0 Å². The smallest absolute Gasteiger partial charge is 0.241 e. The van der Waals surface area contributed by atoms with Crippen LogP contribution in [0.15, 0.2) is 52.0 Å². The van der Waals surface area contributed by atoms with Crippen LogP contribution in [0.4, 0.5) is 5.69 Å². The number of rotatable bonds is 5. The standard InChI is InChI=1S/C14H20N2O2Si/c1-11(17)14(12(2)18-19(3,4)5)16-15-13-9-7-6-8-10-13/h6-10H,1-5H3/b14-12+,16-15?. The summed E-state index contributed by atoms with van der Waals surface area (Å²) in [7, 11) is -1.75.